The zero-order valence-corrected chi connectivity index (χ0v) is 14.7. The van der Waals surface area contributed by atoms with Gasteiger partial charge in [-0.2, -0.15) is 5.10 Å². The molecule has 2 aromatic heterocycles. The van der Waals surface area contributed by atoms with E-state index in [1.54, 1.807) is 0 Å². The van der Waals surface area contributed by atoms with Crippen molar-refractivity contribution in [2.45, 2.75) is 39.3 Å². The number of carbonyl (C=O) groups excluding carboxylic acids is 1. The van der Waals surface area contributed by atoms with Crippen LogP contribution in [0.3, 0.4) is 0 Å². The van der Waals surface area contributed by atoms with E-state index >= 15 is 0 Å². The van der Waals surface area contributed by atoms with Crippen LogP contribution in [0.2, 0.25) is 0 Å². The molecule has 0 unspecified atom stereocenters. The summed E-state index contributed by atoms with van der Waals surface area (Å²) < 4.78 is 4.02. The molecule has 0 N–H and O–H groups in total. The first-order valence-electron chi connectivity index (χ1n) is 8.82. The fraction of sp³-hybridized carbons (Fsp3) is 0.421. The quantitative estimate of drug-likeness (QED) is 0.738. The Morgan fingerprint density at radius 1 is 1.28 bits per heavy atom. The fourth-order valence-electron chi connectivity index (χ4n) is 3.66. The Balaban J connectivity index is 1.51. The van der Waals surface area contributed by atoms with E-state index < -0.39 is 0 Å². The van der Waals surface area contributed by atoms with Gasteiger partial charge in [-0.3, -0.25) is 9.48 Å². The number of benzene rings is 1. The van der Waals surface area contributed by atoms with Gasteiger partial charge < -0.3 is 9.47 Å². The molecule has 25 heavy (non-hydrogen) atoms. The van der Waals surface area contributed by atoms with E-state index in [0.29, 0.717) is 6.54 Å². The van der Waals surface area contributed by atoms with Crippen LogP contribution < -0.4 is 0 Å². The van der Waals surface area contributed by atoms with Crippen molar-refractivity contribution in [2.24, 2.45) is 0 Å². The average Bonchev–Trinajstić information content (AvgIpc) is 3.19. The van der Waals surface area contributed by atoms with Crippen molar-refractivity contribution in [2.75, 3.05) is 13.1 Å². The first-order valence-corrected chi connectivity index (χ1v) is 8.82. The maximum atomic E-state index is 12.9. The molecule has 1 aliphatic heterocycles. The normalized spacial score (nSPS) is 18.0. The number of aromatic nitrogens is 4. The van der Waals surface area contributed by atoms with Gasteiger partial charge in [0.25, 0.3) is 0 Å². The molecule has 6 nitrogen and oxygen atoms in total. The van der Waals surface area contributed by atoms with Gasteiger partial charge in [-0.1, -0.05) is 12.1 Å². The van der Waals surface area contributed by atoms with Crippen molar-refractivity contribution in [3.63, 3.8) is 0 Å². The predicted octanol–water partition coefficient (Wildman–Crippen LogP) is 2.71. The Kier molecular flexibility index (Phi) is 4.03. The molecule has 0 radical (unpaired) electrons. The minimum Gasteiger partial charge on any atom is -0.339 e. The highest BCUT2D eigenvalue weighted by atomic mass is 16.2. The number of aryl methyl sites for hydroxylation is 2. The summed E-state index contributed by atoms with van der Waals surface area (Å²) in [6.07, 6.45) is 6.02. The molecule has 3 heterocycles. The zero-order chi connectivity index (χ0) is 17.4. The summed E-state index contributed by atoms with van der Waals surface area (Å²) in [6, 6.07) is 8.24. The van der Waals surface area contributed by atoms with Crippen LogP contribution in [-0.4, -0.2) is 43.2 Å². The Morgan fingerprint density at radius 2 is 2.12 bits per heavy atom. The van der Waals surface area contributed by atoms with Gasteiger partial charge in [-0.15, -0.1) is 0 Å². The van der Waals surface area contributed by atoms with Gasteiger partial charge in [0.2, 0.25) is 5.91 Å². The summed E-state index contributed by atoms with van der Waals surface area (Å²) in [5, 5.41) is 4.43. The average molecular weight is 337 g/mol. The number of hydrogen-bond donors (Lipinski definition) is 0. The Labute approximate surface area is 147 Å². The highest BCUT2D eigenvalue weighted by molar-refractivity contribution is 5.81. The van der Waals surface area contributed by atoms with E-state index in [9.17, 15) is 4.79 Å². The lowest BCUT2D eigenvalue weighted by Crippen LogP contribution is -2.42. The molecule has 1 aliphatic rings. The third kappa shape index (κ3) is 3.04. The summed E-state index contributed by atoms with van der Waals surface area (Å²) in [5.41, 5.74) is 3.12. The van der Waals surface area contributed by atoms with E-state index in [-0.39, 0.29) is 11.9 Å². The second-order valence-corrected chi connectivity index (χ2v) is 6.87. The van der Waals surface area contributed by atoms with Crippen LogP contribution in [0, 0.1) is 13.8 Å². The number of fused-ring (bicyclic) bond motifs is 1. The summed E-state index contributed by atoms with van der Waals surface area (Å²) in [4.78, 5) is 19.4. The molecular formula is C19H23N5O. The Bertz CT molecular complexity index is 910. The fourth-order valence-corrected chi connectivity index (χ4v) is 3.66. The number of piperidine rings is 1. The van der Waals surface area contributed by atoms with Crippen LogP contribution in [0.1, 0.15) is 30.3 Å². The summed E-state index contributed by atoms with van der Waals surface area (Å²) in [6.45, 7) is 5.89. The molecule has 0 aliphatic carbocycles. The highest BCUT2D eigenvalue weighted by Gasteiger charge is 2.25. The van der Waals surface area contributed by atoms with Crippen molar-refractivity contribution < 1.29 is 4.79 Å². The predicted molar refractivity (Wildman–Crippen MR) is 96.3 cm³/mol. The van der Waals surface area contributed by atoms with Gasteiger partial charge >= 0.3 is 0 Å². The molecule has 0 bridgehead atoms. The number of nitrogens with zero attached hydrogens (tertiary/aromatic N) is 5. The molecule has 4 rings (SSSR count). The number of rotatable bonds is 3. The van der Waals surface area contributed by atoms with Gasteiger partial charge in [0.1, 0.15) is 12.4 Å². The number of imidazole rings is 1. The second-order valence-electron chi connectivity index (χ2n) is 6.87. The van der Waals surface area contributed by atoms with E-state index in [1.165, 1.54) is 0 Å². The maximum Gasteiger partial charge on any atom is 0.242 e. The third-order valence-electron chi connectivity index (χ3n) is 4.99. The Hall–Kier alpha value is -2.63. The van der Waals surface area contributed by atoms with Gasteiger partial charge in [0, 0.05) is 19.3 Å². The zero-order valence-electron chi connectivity index (χ0n) is 14.7. The topological polar surface area (TPSA) is 56.0 Å². The van der Waals surface area contributed by atoms with Crippen molar-refractivity contribution in [3.8, 4) is 0 Å². The molecular weight excluding hydrogens is 314 g/mol. The van der Waals surface area contributed by atoms with Gasteiger partial charge in [0.05, 0.1) is 23.3 Å². The van der Waals surface area contributed by atoms with E-state index in [4.69, 9.17) is 0 Å². The van der Waals surface area contributed by atoms with Crippen molar-refractivity contribution in [1.29, 1.82) is 0 Å². The van der Waals surface area contributed by atoms with Crippen LogP contribution in [0.4, 0.5) is 0 Å². The lowest BCUT2D eigenvalue weighted by Gasteiger charge is -2.33. The molecule has 3 aromatic rings. The van der Waals surface area contributed by atoms with Gasteiger partial charge in [-0.05, 0) is 44.4 Å². The van der Waals surface area contributed by atoms with Crippen molar-refractivity contribution in [3.05, 3.63) is 48.0 Å². The van der Waals surface area contributed by atoms with E-state index in [1.807, 2.05) is 58.5 Å². The lowest BCUT2D eigenvalue weighted by molar-refractivity contribution is -0.133. The molecule has 6 heteroatoms. The number of likely N-dealkylation sites (tertiary alicyclic amines) is 1. The van der Waals surface area contributed by atoms with Gasteiger partial charge in [-0.25, -0.2) is 4.98 Å². The summed E-state index contributed by atoms with van der Waals surface area (Å²) in [7, 11) is 0. The SMILES string of the molecule is Cc1cnn([C@@H]2CCCN(C(=O)Cn3c(C)nc4ccccc43)C2)c1. The molecule has 1 amide bonds. The number of carbonyl (C=O) groups is 1. The molecule has 1 saturated heterocycles. The summed E-state index contributed by atoms with van der Waals surface area (Å²) in [5.74, 6) is 1.03. The second kappa shape index (κ2) is 6.35. The largest absolute Gasteiger partial charge is 0.339 e. The molecule has 130 valence electrons. The molecule has 1 fully saturated rings. The number of amides is 1. The third-order valence-corrected chi connectivity index (χ3v) is 4.99. The van der Waals surface area contributed by atoms with Crippen molar-refractivity contribution in [1.82, 2.24) is 24.2 Å². The summed E-state index contributed by atoms with van der Waals surface area (Å²) >= 11 is 0. The van der Waals surface area contributed by atoms with Crippen LogP contribution in [0.5, 0.6) is 0 Å². The number of hydrogen-bond acceptors (Lipinski definition) is 3. The molecule has 1 atom stereocenters. The van der Waals surface area contributed by atoms with Crippen LogP contribution in [0.15, 0.2) is 36.7 Å². The molecule has 0 spiro atoms. The Morgan fingerprint density at radius 3 is 2.92 bits per heavy atom. The monoisotopic (exact) mass is 337 g/mol. The maximum absolute atomic E-state index is 12.9. The molecule has 1 aromatic carbocycles. The minimum atomic E-state index is 0.153. The lowest BCUT2D eigenvalue weighted by atomic mass is 10.1. The first kappa shape index (κ1) is 15.9. The van der Waals surface area contributed by atoms with Crippen molar-refractivity contribution >= 4 is 16.9 Å². The molecule has 0 saturated carbocycles. The van der Waals surface area contributed by atoms with Crippen LogP contribution in [0.25, 0.3) is 11.0 Å². The smallest absolute Gasteiger partial charge is 0.242 e. The van der Waals surface area contributed by atoms with Crippen LogP contribution in [-0.2, 0) is 11.3 Å². The van der Waals surface area contributed by atoms with Gasteiger partial charge in [0.15, 0.2) is 0 Å². The van der Waals surface area contributed by atoms with E-state index in [2.05, 4.69) is 16.3 Å². The standard InChI is InChI=1S/C19H23N5O/c1-14-10-20-24(11-14)16-6-5-9-22(12-16)19(25)13-23-15(2)21-17-7-3-4-8-18(17)23/h3-4,7-8,10-11,16H,5-6,9,12-13H2,1-2H3/t16-/m1/s1. The van der Waals surface area contributed by atoms with Crippen LogP contribution >= 0.6 is 0 Å². The number of para-hydroxylation sites is 2. The first-order chi connectivity index (χ1) is 12.1. The van der Waals surface area contributed by atoms with E-state index in [0.717, 1.165) is 48.4 Å². The minimum absolute atomic E-state index is 0.153. The highest BCUT2D eigenvalue weighted by Crippen LogP contribution is 2.22.